The van der Waals surface area contributed by atoms with Crippen LogP contribution >= 0.6 is 34.8 Å². The average Bonchev–Trinajstić information content (AvgIpc) is 1.64. The van der Waals surface area contributed by atoms with Gasteiger partial charge < -0.3 is 15.3 Å². The summed E-state index contributed by atoms with van der Waals surface area (Å²) in [4.78, 5) is 0. The van der Waals surface area contributed by atoms with E-state index in [2.05, 4.69) is 0 Å². The van der Waals surface area contributed by atoms with Gasteiger partial charge in [-0.3, -0.25) is 0 Å². The van der Waals surface area contributed by atoms with Gasteiger partial charge in [0.2, 0.25) is 4.33 Å². The Hall–Kier alpha value is 0.750. The monoisotopic (exact) mass is 194 g/mol. The van der Waals surface area contributed by atoms with E-state index in [0.29, 0.717) is 0 Å². The van der Waals surface area contributed by atoms with Crippen LogP contribution in [-0.2, 0) is 0 Å². The molecule has 0 aliphatic carbocycles. The second-order valence-corrected chi connectivity index (χ2v) is 3.22. The van der Waals surface area contributed by atoms with Crippen LogP contribution in [0.4, 0.5) is 0 Å². The first-order valence-electron chi connectivity index (χ1n) is 1.92. The van der Waals surface area contributed by atoms with E-state index in [1.165, 1.54) is 0 Å². The molecular weight excluding hydrogens is 190 g/mol. The first-order chi connectivity index (χ1) is 3.81. The Labute approximate surface area is 66.8 Å². The lowest BCUT2D eigenvalue weighted by atomic mass is 10.4. The molecule has 0 unspecified atom stereocenters. The summed E-state index contributed by atoms with van der Waals surface area (Å²) in [7, 11) is 0. The maximum Gasteiger partial charge on any atom is 0.311 e. The van der Waals surface area contributed by atoms with Crippen molar-refractivity contribution in [2.24, 2.45) is 0 Å². The Bertz CT molecular complexity index is 97.0. The van der Waals surface area contributed by atoms with Gasteiger partial charge in [0.05, 0.1) is 5.88 Å². The first kappa shape index (κ1) is 9.75. The third kappa shape index (κ3) is 2.45. The molecule has 0 atom stereocenters. The van der Waals surface area contributed by atoms with Crippen molar-refractivity contribution in [1.82, 2.24) is 0 Å². The van der Waals surface area contributed by atoms with E-state index in [-0.39, 0.29) is 0 Å². The molecule has 9 heavy (non-hydrogen) atoms. The third-order valence-electron chi connectivity index (χ3n) is 0.659. The molecule has 0 aromatic rings. The quantitative estimate of drug-likeness (QED) is 0.430. The lowest BCUT2D eigenvalue weighted by Crippen LogP contribution is -2.47. The summed E-state index contributed by atoms with van der Waals surface area (Å²) >= 11 is 15.2. The summed E-state index contributed by atoms with van der Waals surface area (Å²) in [6.07, 6.45) is 0. The maximum atomic E-state index is 8.31. The van der Waals surface area contributed by atoms with Crippen LogP contribution in [0.25, 0.3) is 0 Å². The van der Waals surface area contributed by atoms with Crippen LogP contribution in [0.1, 0.15) is 0 Å². The van der Waals surface area contributed by atoms with Crippen molar-refractivity contribution in [1.29, 1.82) is 0 Å². The number of hydrogen-bond donors (Lipinski definition) is 3. The Kier molecular flexibility index (Phi) is 3.01. The van der Waals surface area contributed by atoms with Crippen molar-refractivity contribution in [3.8, 4) is 0 Å². The van der Waals surface area contributed by atoms with Crippen molar-refractivity contribution in [3.63, 3.8) is 0 Å². The fourth-order valence-electron chi connectivity index (χ4n) is 0.0896. The molecule has 0 aromatic carbocycles. The zero-order valence-electron chi connectivity index (χ0n) is 4.18. The fourth-order valence-corrected chi connectivity index (χ4v) is 0.269. The molecule has 0 fully saturated rings. The Morgan fingerprint density at radius 1 is 1.11 bits per heavy atom. The van der Waals surface area contributed by atoms with Crippen molar-refractivity contribution in [2.45, 2.75) is 10.3 Å². The van der Waals surface area contributed by atoms with Gasteiger partial charge >= 0.3 is 5.97 Å². The second-order valence-electron chi connectivity index (χ2n) is 1.47. The van der Waals surface area contributed by atoms with Gasteiger partial charge in [-0.15, -0.1) is 11.6 Å². The normalized spacial score (nSPS) is 14.0. The molecule has 0 radical (unpaired) electrons. The minimum absolute atomic E-state index is 0.486. The van der Waals surface area contributed by atoms with Gasteiger partial charge in [-0.05, 0) is 0 Å². The van der Waals surface area contributed by atoms with Crippen LogP contribution in [0.3, 0.4) is 0 Å². The Morgan fingerprint density at radius 2 is 1.44 bits per heavy atom. The molecule has 0 aliphatic rings. The smallest absolute Gasteiger partial charge is 0.311 e. The fraction of sp³-hybridized carbons (Fsp3) is 1.00. The molecule has 0 saturated carbocycles. The molecule has 3 nitrogen and oxygen atoms in total. The molecule has 0 bridgehead atoms. The standard InChI is InChI=1S/C3H5Cl3O3/c4-1-2(5,6)3(7,8)9/h7-9H,1H2. The lowest BCUT2D eigenvalue weighted by Gasteiger charge is -2.25. The molecule has 56 valence electrons. The van der Waals surface area contributed by atoms with Crippen LogP contribution in [0.15, 0.2) is 0 Å². The summed E-state index contributed by atoms with van der Waals surface area (Å²) in [6, 6.07) is 0. The summed E-state index contributed by atoms with van der Waals surface area (Å²) in [6.45, 7) is 0. The number of alkyl halides is 3. The number of rotatable bonds is 2. The summed E-state index contributed by atoms with van der Waals surface area (Å²) in [5, 5.41) is 24.9. The largest absolute Gasteiger partial charge is 0.341 e. The highest BCUT2D eigenvalue weighted by atomic mass is 35.5. The molecule has 0 amide bonds. The van der Waals surface area contributed by atoms with Gasteiger partial charge in [-0.2, -0.15) is 0 Å². The van der Waals surface area contributed by atoms with E-state index in [1.807, 2.05) is 0 Å². The molecule has 0 aliphatic heterocycles. The van der Waals surface area contributed by atoms with Gasteiger partial charge in [0, 0.05) is 0 Å². The van der Waals surface area contributed by atoms with Gasteiger partial charge in [-0.25, -0.2) is 0 Å². The molecule has 0 saturated heterocycles. The van der Waals surface area contributed by atoms with Crippen LogP contribution in [0.5, 0.6) is 0 Å². The molecule has 0 aromatic heterocycles. The Balaban J connectivity index is 4.14. The van der Waals surface area contributed by atoms with E-state index in [9.17, 15) is 0 Å². The number of halogens is 3. The molecule has 0 spiro atoms. The van der Waals surface area contributed by atoms with Crippen molar-refractivity contribution in [2.75, 3.05) is 5.88 Å². The molecule has 0 rings (SSSR count). The van der Waals surface area contributed by atoms with Crippen LogP contribution < -0.4 is 0 Å². The minimum Gasteiger partial charge on any atom is -0.341 e. The highest BCUT2D eigenvalue weighted by Crippen LogP contribution is 2.31. The van der Waals surface area contributed by atoms with E-state index in [0.717, 1.165) is 0 Å². The molecule has 0 heterocycles. The summed E-state index contributed by atoms with van der Waals surface area (Å²) < 4.78 is -2.14. The van der Waals surface area contributed by atoms with Crippen LogP contribution in [-0.4, -0.2) is 31.5 Å². The number of aliphatic hydroxyl groups is 3. The van der Waals surface area contributed by atoms with Gasteiger partial charge in [0.15, 0.2) is 0 Å². The van der Waals surface area contributed by atoms with E-state index in [1.54, 1.807) is 0 Å². The van der Waals surface area contributed by atoms with E-state index in [4.69, 9.17) is 50.1 Å². The summed E-state index contributed by atoms with van der Waals surface area (Å²) in [5.41, 5.74) is 0. The van der Waals surface area contributed by atoms with Gasteiger partial charge in [0.25, 0.3) is 0 Å². The predicted octanol–water partition coefficient (Wildman–Crippen LogP) is 0.0298. The number of hydrogen-bond acceptors (Lipinski definition) is 3. The predicted molar refractivity (Wildman–Crippen MR) is 34.5 cm³/mol. The zero-order valence-corrected chi connectivity index (χ0v) is 6.45. The van der Waals surface area contributed by atoms with E-state index < -0.39 is 16.2 Å². The Morgan fingerprint density at radius 3 is 1.44 bits per heavy atom. The second kappa shape index (κ2) is 2.78. The SMILES string of the molecule is OC(O)(O)C(Cl)(Cl)CCl. The third-order valence-corrected chi connectivity index (χ3v) is 2.11. The zero-order chi connectivity index (χ0) is 7.71. The summed E-state index contributed by atoms with van der Waals surface area (Å²) in [5.74, 6) is -3.64. The first-order valence-corrected chi connectivity index (χ1v) is 3.21. The highest BCUT2D eigenvalue weighted by Gasteiger charge is 2.45. The maximum absolute atomic E-state index is 8.31. The van der Waals surface area contributed by atoms with Crippen molar-refractivity contribution in [3.05, 3.63) is 0 Å². The minimum atomic E-state index is -3.15. The highest BCUT2D eigenvalue weighted by molar-refractivity contribution is 6.52. The molecule has 3 N–H and O–H groups in total. The van der Waals surface area contributed by atoms with Crippen molar-refractivity contribution < 1.29 is 15.3 Å². The van der Waals surface area contributed by atoms with Crippen LogP contribution in [0.2, 0.25) is 0 Å². The lowest BCUT2D eigenvalue weighted by molar-refractivity contribution is -0.316. The average molecular weight is 195 g/mol. The molecular formula is C3H5Cl3O3. The van der Waals surface area contributed by atoms with Gasteiger partial charge in [-0.1, -0.05) is 23.2 Å². The molecule has 6 heteroatoms. The van der Waals surface area contributed by atoms with Crippen LogP contribution in [0, 0.1) is 0 Å². The van der Waals surface area contributed by atoms with E-state index >= 15 is 0 Å². The van der Waals surface area contributed by atoms with Gasteiger partial charge in [0.1, 0.15) is 0 Å². The topological polar surface area (TPSA) is 60.7 Å². The van der Waals surface area contributed by atoms with Crippen molar-refractivity contribution >= 4 is 34.8 Å².